The van der Waals surface area contributed by atoms with E-state index in [1.54, 1.807) is 6.92 Å². The highest BCUT2D eigenvalue weighted by Gasteiger charge is 2.26. The largest absolute Gasteiger partial charge is 0.333 e. The number of carbonyl (C=O) groups excluding carboxylic acids is 1. The Kier molecular flexibility index (Phi) is 1.12. The number of fused-ring (bicyclic) bond motifs is 1. The van der Waals surface area contributed by atoms with E-state index >= 15 is 0 Å². The van der Waals surface area contributed by atoms with Crippen LogP contribution in [0.4, 0.5) is 0 Å². The monoisotopic (exact) mass is 150 g/mol. The topological polar surface area (TPSA) is 66.2 Å². The summed E-state index contributed by atoms with van der Waals surface area (Å²) in [6.07, 6.45) is 0. The highest BCUT2D eigenvalue weighted by molar-refractivity contribution is 6.23. The lowest BCUT2D eigenvalue weighted by atomic mass is 10.2. The lowest BCUT2D eigenvalue weighted by molar-refractivity contribution is -0.117. The van der Waals surface area contributed by atoms with Gasteiger partial charge in [0.1, 0.15) is 12.2 Å². The third-order valence-corrected chi connectivity index (χ3v) is 1.58. The van der Waals surface area contributed by atoms with Crippen LogP contribution >= 0.6 is 0 Å². The fraction of sp³-hybridized carbons (Fsp3) is 0.333. The van der Waals surface area contributed by atoms with Crippen LogP contribution in [0.5, 0.6) is 0 Å². The number of carbonyl (C=O) groups is 1. The average Bonchev–Trinajstić information content (AvgIpc) is 2.34. The summed E-state index contributed by atoms with van der Waals surface area (Å²) >= 11 is 0. The van der Waals surface area contributed by atoms with Crippen LogP contribution in [0.3, 0.4) is 0 Å². The van der Waals surface area contributed by atoms with E-state index in [9.17, 15) is 4.79 Å². The zero-order valence-electron chi connectivity index (χ0n) is 5.96. The molecule has 2 heterocycles. The maximum Gasteiger partial charge on any atom is 0.258 e. The smallest absolute Gasteiger partial charge is 0.258 e. The standard InChI is InChI=1S/C6H6N4O/c1-3-4-5(10-9-3)7-2-8-6(4)11/h2H2,1H3,(H,8,11). The van der Waals surface area contributed by atoms with Crippen molar-refractivity contribution < 1.29 is 4.79 Å². The number of nitrogens with zero attached hydrogens (tertiary/aromatic N) is 3. The van der Waals surface area contributed by atoms with Gasteiger partial charge >= 0.3 is 0 Å². The van der Waals surface area contributed by atoms with E-state index in [4.69, 9.17) is 0 Å². The van der Waals surface area contributed by atoms with Crippen molar-refractivity contribution in [2.75, 3.05) is 6.67 Å². The number of rotatable bonds is 0. The van der Waals surface area contributed by atoms with Gasteiger partial charge in [0.2, 0.25) is 0 Å². The minimum Gasteiger partial charge on any atom is -0.333 e. The van der Waals surface area contributed by atoms with Crippen molar-refractivity contribution in [3.63, 3.8) is 0 Å². The van der Waals surface area contributed by atoms with Crippen molar-refractivity contribution in [3.8, 4) is 0 Å². The molecule has 11 heavy (non-hydrogen) atoms. The van der Waals surface area contributed by atoms with Crippen LogP contribution < -0.4 is 5.32 Å². The second-order valence-electron chi connectivity index (χ2n) is 2.31. The first-order valence-electron chi connectivity index (χ1n) is 3.24. The lowest BCUT2D eigenvalue weighted by Crippen LogP contribution is -2.32. The van der Waals surface area contributed by atoms with Crippen molar-refractivity contribution >= 4 is 11.7 Å². The average molecular weight is 150 g/mol. The molecule has 0 saturated heterocycles. The van der Waals surface area contributed by atoms with Gasteiger partial charge < -0.3 is 5.32 Å². The van der Waals surface area contributed by atoms with Gasteiger partial charge in [0.05, 0.1) is 5.70 Å². The highest BCUT2D eigenvalue weighted by Crippen LogP contribution is 2.18. The predicted molar refractivity (Wildman–Crippen MR) is 38.0 cm³/mol. The molecule has 0 aromatic carbocycles. The van der Waals surface area contributed by atoms with E-state index in [1.165, 1.54) is 0 Å². The Morgan fingerprint density at radius 3 is 3.00 bits per heavy atom. The minimum absolute atomic E-state index is 0.127. The number of amides is 1. The Balaban J connectivity index is 2.54. The van der Waals surface area contributed by atoms with Gasteiger partial charge in [-0.15, -0.1) is 5.11 Å². The molecular formula is C6H6N4O. The first-order chi connectivity index (χ1) is 5.29. The van der Waals surface area contributed by atoms with Gasteiger partial charge in [0.15, 0.2) is 5.84 Å². The molecule has 1 amide bonds. The summed E-state index contributed by atoms with van der Waals surface area (Å²) in [5.74, 6) is 0.337. The van der Waals surface area contributed by atoms with Crippen LogP contribution in [0.25, 0.3) is 0 Å². The molecule has 0 aromatic rings. The van der Waals surface area contributed by atoms with Crippen LogP contribution in [-0.4, -0.2) is 18.4 Å². The fourth-order valence-electron chi connectivity index (χ4n) is 1.04. The quantitative estimate of drug-likeness (QED) is 0.527. The molecule has 1 N–H and O–H groups in total. The van der Waals surface area contributed by atoms with Gasteiger partial charge in [-0.25, -0.2) is 4.99 Å². The van der Waals surface area contributed by atoms with Crippen LogP contribution in [-0.2, 0) is 4.79 Å². The Morgan fingerprint density at radius 1 is 1.45 bits per heavy atom. The Hall–Kier alpha value is -1.52. The number of hydrogen-bond acceptors (Lipinski definition) is 4. The maximum atomic E-state index is 11.1. The van der Waals surface area contributed by atoms with Crippen LogP contribution in [0.15, 0.2) is 26.5 Å². The van der Waals surface area contributed by atoms with Gasteiger partial charge in [0.25, 0.3) is 5.91 Å². The molecule has 5 nitrogen and oxygen atoms in total. The number of hydrogen-bond donors (Lipinski definition) is 1. The molecular weight excluding hydrogens is 144 g/mol. The summed E-state index contributed by atoms with van der Waals surface area (Å²) in [5.41, 5.74) is 1.15. The molecule has 0 atom stereocenters. The zero-order valence-corrected chi connectivity index (χ0v) is 5.96. The first-order valence-corrected chi connectivity index (χ1v) is 3.24. The number of amidine groups is 1. The number of allylic oxidation sites excluding steroid dienone is 1. The fourth-order valence-corrected chi connectivity index (χ4v) is 1.04. The van der Waals surface area contributed by atoms with Crippen LogP contribution in [0, 0.1) is 0 Å². The van der Waals surface area contributed by atoms with Gasteiger partial charge in [-0.3, -0.25) is 4.79 Å². The van der Waals surface area contributed by atoms with Crippen molar-refractivity contribution in [1.29, 1.82) is 0 Å². The molecule has 2 rings (SSSR count). The molecule has 56 valence electrons. The van der Waals surface area contributed by atoms with Gasteiger partial charge in [-0.05, 0) is 6.92 Å². The summed E-state index contributed by atoms with van der Waals surface area (Å²) < 4.78 is 0. The van der Waals surface area contributed by atoms with E-state index in [0.29, 0.717) is 23.8 Å². The Morgan fingerprint density at radius 2 is 2.27 bits per heavy atom. The van der Waals surface area contributed by atoms with Crippen molar-refractivity contribution in [2.45, 2.75) is 6.92 Å². The number of nitrogens with one attached hydrogen (secondary N) is 1. The molecule has 0 saturated carbocycles. The summed E-state index contributed by atoms with van der Waals surface area (Å²) in [4.78, 5) is 15.1. The molecule has 2 aliphatic heterocycles. The Bertz CT molecular complexity index is 313. The molecule has 0 fully saturated rings. The Labute approximate surface area is 62.9 Å². The van der Waals surface area contributed by atoms with Crippen LogP contribution in [0.1, 0.15) is 6.92 Å². The van der Waals surface area contributed by atoms with Gasteiger partial charge in [-0.1, -0.05) is 0 Å². The molecule has 0 spiro atoms. The van der Waals surface area contributed by atoms with Gasteiger partial charge in [-0.2, -0.15) is 5.11 Å². The van der Waals surface area contributed by atoms with E-state index in [2.05, 4.69) is 20.5 Å². The zero-order chi connectivity index (χ0) is 7.84. The third-order valence-electron chi connectivity index (χ3n) is 1.58. The summed E-state index contributed by atoms with van der Waals surface area (Å²) in [5, 5.41) is 10.1. The van der Waals surface area contributed by atoms with E-state index in [0.717, 1.165) is 0 Å². The number of aliphatic imine (C=N–C) groups is 1. The summed E-state index contributed by atoms with van der Waals surface area (Å²) in [6, 6.07) is 0. The molecule has 0 aromatic heterocycles. The molecule has 0 radical (unpaired) electrons. The van der Waals surface area contributed by atoms with E-state index < -0.39 is 0 Å². The maximum absolute atomic E-state index is 11.1. The predicted octanol–water partition coefficient (Wildman–Crippen LogP) is 0.212. The first kappa shape index (κ1) is 6.21. The van der Waals surface area contributed by atoms with E-state index in [1.807, 2.05) is 0 Å². The van der Waals surface area contributed by atoms with Crippen molar-refractivity contribution in [1.82, 2.24) is 5.32 Å². The summed E-state index contributed by atoms with van der Waals surface area (Å²) in [6.45, 7) is 2.05. The highest BCUT2D eigenvalue weighted by atomic mass is 16.2. The third kappa shape index (κ3) is 0.772. The number of azo groups is 1. The van der Waals surface area contributed by atoms with Gasteiger partial charge in [0, 0.05) is 0 Å². The minimum atomic E-state index is -0.127. The van der Waals surface area contributed by atoms with Crippen molar-refractivity contribution in [3.05, 3.63) is 11.3 Å². The second-order valence-corrected chi connectivity index (χ2v) is 2.31. The normalized spacial score (nSPS) is 21.5. The van der Waals surface area contributed by atoms with Crippen LogP contribution in [0.2, 0.25) is 0 Å². The SMILES string of the molecule is CC1=C2C(=O)NCN=C2N=N1. The molecule has 0 unspecified atom stereocenters. The summed E-state index contributed by atoms with van der Waals surface area (Å²) in [7, 11) is 0. The van der Waals surface area contributed by atoms with E-state index in [-0.39, 0.29) is 5.91 Å². The lowest BCUT2D eigenvalue weighted by Gasteiger charge is -2.08. The molecule has 0 bridgehead atoms. The molecule has 5 heteroatoms. The molecule has 0 aliphatic carbocycles. The second kappa shape index (κ2) is 1.98. The van der Waals surface area contributed by atoms with Crippen molar-refractivity contribution in [2.24, 2.45) is 15.2 Å². The molecule has 2 aliphatic rings.